The highest BCUT2D eigenvalue weighted by atomic mass is 35.5. The number of fused-ring (bicyclic) bond motifs is 1. The minimum Gasteiger partial charge on any atom is -0.319 e. The summed E-state index contributed by atoms with van der Waals surface area (Å²) in [5, 5.41) is 1.21. The minimum atomic E-state index is 0.423. The molecule has 0 saturated heterocycles. The molecule has 90 valence electrons. The molecule has 0 saturated carbocycles. The molecule has 0 unspecified atom stereocenters. The summed E-state index contributed by atoms with van der Waals surface area (Å²) < 4.78 is 1.74. The Labute approximate surface area is 105 Å². The quantitative estimate of drug-likeness (QED) is 0.788. The Hall–Kier alpha value is -1.42. The maximum atomic E-state index is 11.1. The van der Waals surface area contributed by atoms with Gasteiger partial charge in [0, 0.05) is 13.5 Å². The van der Waals surface area contributed by atoms with E-state index >= 15 is 0 Å². The molecule has 2 rings (SSSR count). The largest absolute Gasteiger partial charge is 0.319 e. The number of rotatable bonds is 3. The van der Waals surface area contributed by atoms with Gasteiger partial charge in [0.25, 0.3) is 0 Å². The van der Waals surface area contributed by atoms with E-state index < -0.39 is 0 Å². The van der Waals surface area contributed by atoms with E-state index in [9.17, 15) is 4.79 Å². The molecule has 0 radical (unpaired) electrons. The van der Waals surface area contributed by atoms with E-state index in [0.29, 0.717) is 10.7 Å². The zero-order chi connectivity index (χ0) is 12.6. The van der Waals surface area contributed by atoms with Crippen molar-refractivity contribution in [3.8, 4) is 0 Å². The van der Waals surface area contributed by atoms with Crippen LogP contribution in [0.1, 0.15) is 35.7 Å². The fraction of sp³-hybridized carbons (Fsp3) is 0.417. The number of carbonyl (C=O) groups is 1. The number of aromatic nitrogens is 3. The van der Waals surface area contributed by atoms with E-state index in [4.69, 9.17) is 11.6 Å². The van der Waals surface area contributed by atoms with Gasteiger partial charge in [0.1, 0.15) is 16.6 Å². The number of hydrogen-bond acceptors (Lipinski definition) is 3. The number of halogens is 1. The van der Waals surface area contributed by atoms with Gasteiger partial charge >= 0.3 is 0 Å². The molecule has 2 aromatic rings. The molecule has 0 aliphatic heterocycles. The average molecular weight is 252 g/mol. The second kappa shape index (κ2) is 4.45. The molecule has 0 aliphatic rings. The van der Waals surface area contributed by atoms with Gasteiger partial charge in [-0.25, -0.2) is 9.97 Å². The van der Waals surface area contributed by atoms with Gasteiger partial charge in [-0.2, -0.15) is 0 Å². The van der Waals surface area contributed by atoms with Gasteiger partial charge in [0.15, 0.2) is 6.29 Å². The average Bonchev–Trinajstić information content (AvgIpc) is 2.61. The van der Waals surface area contributed by atoms with Crippen molar-refractivity contribution in [3.05, 3.63) is 22.2 Å². The second-order valence-corrected chi connectivity index (χ2v) is 4.23. The van der Waals surface area contributed by atoms with Gasteiger partial charge in [-0.3, -0.25) is 4.79 Å². The van der Waals surface area contributed by atoms with Crippen LogP contribution in [0.4, 0.5) is 0 Å². The predicted molar refractivity (Wildman–Crippen MR) is 67.7 cm³/mol. The van der Waals surface area contributed by atoms with E-state index in [1.165, 1.54) is 0 Å². The topological polar surface area (TPSA) is 47.8 Å². The van der Waals surface area contributed by atoms with Crippen molar-refractivity contribution in [1.82, 2.24) is 14.5 Å². The molecule has 0 N–H and O–H groups in total. The van der Waals surface area contributed by atoms with Crippen LogP contribution in [0, 0.1) is 0 Å². The van der Waals surface area contributed by atoms with Crippen molar-refractivity contribution in [2.75, 3.05) is 0 Å². The third-order valence-corrected chi connectivity index (χ3v) is 3.34. The van der Waals surface area contributed by atoms with E-state index in [1.54, 1.807) is 4.57 Å². The lowest BCUT2D eigenvalue weighted by Crippen LogP contribution is -2.01. The Morgan fingerprint density at radius 1 is 1.29 bits per heavy atom. The van der Waals surface area contributed by atoms with Crippen LogP contribution in [0.2, 0.25) is 5.15 Å². The second-order valence-electron chi connectivity index (χ2n) is 3.87. The normalized spacial score (nSPS) is 11.1. The number of carbonyl (C=O) groups excluding carboxylic acids is 1. The Bertz CT molecular complexity index is 589. The smallest absolute Gasteiger partial charge is 0.153 e. The fourth-order valence-corrected chi connectivity index (χ4v) is 2.18. The lowest BCUT2D eigenvalue weighted by Gasteiger charge is -2.03. The summed E-state index contributed by atoms with van der Waals surface area (Å²) in [6.07, 6.45) is 2.30. The molecule has 17 heavy (non-hydrogen) atoms. The van der Waals surface area contributed by atoms with Crippen molar-refractivity contribution in [1.29, 1.82) is 0 Å². The molecule has 2 aromatic heterocycles. The fourth-order valence-electron chi connectivity index (χ4n) is 1.96. The number of aryl methyl sites for hydroxylation is 3. The molecule has 4 nitrogen and oxygen atoms in total. The minimum absolute atomic E-state index is 0.423. The van der Waals surface area contributed by atoms with E-state index in [2.05, 4.69) is 9.97 Å². The standard InChI is InChI=1S/C12H14ClN3O/c1-4-8-10-7(6-17)11(13)16(3)12(10)15-9(5-2)14-8/h6H,4-5H2,1-3H3. The number of hydrogen-bond donors (Lipinski definition) is 0. The summed E-state index contributed by atoms with van der Waals surface area (Å²) in [5.41, 5.74) is 2.11. The SMILES string of the molecule is CCc1nc(CC)c2c(C=O)c(Cl)n(C)c2n1. The van der Waals surface area contributed by atoms with Crippen molar-refractivity contribution in [2.45, 2.75) is 26.7 Å². The first-order valence-electron chi connectivity index (χ1n) is 5.62. The lowest BCUT2D eigenvalue weighted by atomic mass is 10.1. The highest BCUT2D eigenvalue weighted by Gasteiger charge is 2.18. The maximum Gasteiger partial charge on any atom is 0.153 e. The van der Waals surface area contributed by atoms with Crippen LogP contribution in [-0.4, -0.2) is 20.8 Å². The third-order valence-electron chi connectivity index (χ3n) is 2.88. The zero-order valence-electron chi connectivity index (χ0n) is 10.1. The van der Waals surface area contributed by atoms with Crippen molar-refractivity contribution in [2.24, 2.45) is 7.05 Å². The predicted octanol–water partition coefficient (Wildman–Crippen LogP) is 2.56. The highest BCUT2D eigenvalue weighted by molar-refractivity contribution is 6.34. The summed E-state index contributed by atoms with van der Waals surface area (Å²) in [6.45, 7) is 4.02. The third kappa shape index (κ3) is 1.72. The summed E-state index contributed by atoms with van der Waals surface area (Å²) in [5.74, 6) is 0.782. The monoisotopic (exact) mass is 251 g/mol. The molecule has 0 spiro atoms. The van der Waals surface area contributed by atoms with Crippen LogP contribution in [0.15, 0.2) is 0 Å². The molecular formula is C12H14ClN3O. The van der Waals surface area contributed by atoms with Crippen LogP contribution in [0.3, 0.4) is 0 Å². The van der Waals surface area contributed by atoms with Crippen LogP contribution in [0.5, 0.6) is 0 Å². The van der Waals surface area contributed by atoms with E-state index in [0.717, 1.165) is 41.7 Å². The van der Waals surface area contributed by atoms with Gasteiger partial charge in [-0.1, -0.05) is 25.4 Å². The first kappa shape index (κ1) is 12.0. The van der Waals surface area contributed by atoms with Crippen LogP contribution in [-0.2, 0) is 19.9 Å². The molecule has 5 heteroatoms. The molecule has 0 aromatic carbocycles. The molecule has 0 atom stereocenters. The lowest BCUT2D eigenvalue weighted by molar-refractivity contribution is 0.112. The number of nitrogens with zero attached hydrogens (tertiary/aromatic N) is 3. The van der Waals surface area contributed by atoms with Gasteiger partial charge in [-0.05, 0) is 6.42 Å². The van der Waals surface area contributed by atoms with Crippen LogP contribution < -0.4 is 0 Å². The van der Waals surface area contributed by atoms with Gasteiger partial charge in [0.2, 0.25) is 0 Å². The molecular weight excluding hydrogens is 238 g/mol. The highest BCUT2D eigenvalue weighted by Crippen LogP contribution is 2.28. The summed E-state index contributed by atoms with van der Waals surface area (Å²) in [4.78, 5) is 20.0. The first-order valence-corrected chi connectivity index (χ1v) is 6.00. The Morgan fingerprint density at radius 2 is 2.00 bits per heavy atom. The first-order chi connectivity index (χ1) is 8.13. The van der Waals surface area contributed by atoms with Crippen molar-refractivity contribution < 1.29 is 4.79 Å². The molecule has 0 aliphatic carbocycles. The van der Waals surface area contributed by atoms with E-state index in [1.807, 2.05) is 20.9 Å². The van der Waals surface area contributed by atoms with Crippen molar-refractivity contribution >= 4 is 28.9 Å². The molecule has 2 heterocycles. The summed E-state index contributed by atoms with van der Waals surface area (Å²) >= 11 is 6.13. The zero-order valence-corrected chi connectivity index (χ0v) is 10.9. The summed E-state index contributed by atoms with van der Waals surface area (Å²) in [6, 6.07) is 0. The summed E-state index contributed by atoms with van der Waals surface area (Å²) in [7, 11) is 1.81. The Morgan fingerprint density at radius 3 is 2.53 bits per heavy atom. The van der Waals surface area contributed by atoms with Gasteiger partial charge in [-0.15, -0.1) is 0 Å². The Kier molecular flexibility index (Phi) is 3.15. The maximum absolute atomic E-state index is 11.1. The van der Waals surface area contributed by atoms with Gasteiger partial charge in [0.05, 0.1) is 16.6 Å². The number of aldehydes is 1. The Balaban J connectivity index is 2.93. The molecule has 0 amide bonds. The van der Waals surface area contributed by atoms with Gasteiger partial charge < -0.3 is 4.57 Å². The molecule has 0 fully saturated rings. The molecule has 0 bridgehead atoms. The van der Waals surface area contributed by atoms with Crippen LogP contribution >= 0.6 is 11.6 Å². The van der Waals surface area contributed by atoms with Crippen molar-refractivity contribution in [3.63, 3.8) is 0 Å². The van der Waals surface area contributed by atoms with E-state index in [-0.39, 0.29) is 0 Å². The van der Waals surface area contributed by atoms with Crippen LogP contribution in [0.25, 0.3) is 11.0 Å².